The van der Waals surface area contributed by atoms with E-state index in [2.05, 4.69) is 136 Å². The van der Waals surface area contributed by atoms with Crippen LogP contribution in [0.25, 0.3) is 0 Å². The van der Waals surface area contributed by atoms with Gasteiger partial charge in [-0.25, -0.2) is 0 Å². The summed E-state index contributed by atoms with van der Waals surface area (Å²) < 4.78 is 0. The topological polar surface area (TPSA) is 0 Å². The molecule has 0 amide bonds. The molecule has 0 radical (unpaired) electrons. The molecule has 0 N–H and O–H groups in total. The first-order valence-electron chi connectivity index (χ1n) is 13.3. The SMILES string of the molecule is Cc1cc(C)cc([Si](c2ccc([Si](C)(C)C)cc2)(c2cc(C)cc(C)c2)[c-]2c(C)c(C)c(C)c2C)c1.[Cl-].[Cl-].[Cl-].[Ti+4]. The standard InChI is InChI=1S/C34H43Si2.3ClH.Ti/c1-22-16-23(2)19-32(18-22)36(33-20-24(3)17-25(4)21-33,34-28(7)26(5)27(6)29(34)8)31-14-12-30(13-15-31)35(9,10)11;;;;/h12-21H,1-11H3;3*1H;/q-1;;;;+4/p-3. The first kappa shape index (κ1) is 39.0. The molecule has 212 valence electrons. The number of hydrogen-bond acceptors (Lipinski definition) is 0. The molecule has 0 saturated heterocycles. The van der Waals surface area contributed by atoms with Crippen LogP contribution in [0.3, 0.4) is 0 Å². The fourth-order valence-electron chi connectivity index (χ4n) is 6.32. The van der Waals surface area contributed by atoms with E-state index in [1.54, 1.807) is 5.19 Å². The molecule has 0 aliphatic rings. The average molecular weight is 662 g/mol. The van der Waals surface area contributed by atoms with E-state index in [9.17, 15) is 0 Å². The van der Waals surface area contributed by atoms with Crippen molar-refractivity contribution in [2.45, 2.75) is 75.0 Å². The predicted octanol–water partition coefficient (Wildman–Crippen LogP) is -3.20. The first-order valence-corrected chi connectivity index (χ1v) is 18.8. The van der Waals surface area contributed by atoms with Crippen LogP contribution in [0, 0.1) is 55.4 Å². The Balaban J connectivity index is 0.00000380. The Labute approximate surface area is 279 Å². The summed E-state index contributed by atoms with van der Waals surface area (Å²) in [6.07, 6.45) is 0. The second kappa shape index (κ2) is 14.5. The molecule has 0 saturated carbocycles. The Morgan fingerprint density at radius 3 is 1.05 bits per heavy atom. The molecule has 0 aliphatic heterocycles. The maximum atomic E-state index is 2.49. The van der Waals surface area contributed by atoms with Crippen molar-refractivity contribution in [3.8, 4) is 0 Å². The number of aryl methyl sites for hydroxylation is 4. The Hall–Kier alpha value is -0.972. The van der Waals surface area contributed by atoms with E-state index in [0.717, 1.165) is 0 Å². The zero-order valence-electron chi connectivity index (χ0n) is 25.9. The summed E-state index contributed by atoms with van der Waals surface area (Å²) in [7, 11) is -3.99. The number of benzene rings is 3. The summed E-state index contributed by atoms with van der Waals surface area (Å²) in [6.45, 7) is 25.7. The second-order valence-corrected chi connectivity index (χ2v) is 21.0. The molecule has 4 rings (SSSR count). The normalized spacial score (nSPS) is 11.1. The fraction of sp³-hybridized carbons (Fsp3) is 0.324. The van der Waals surface area contributed by atoms with Gasteiger partial charge in [0.25, 0.3) is 0 Å². The minimum absolute atomic E-state index is 0. The zero-order valence-corrected chi connectivity index (χ0v) is 31.7. The molecule has 4 aromatic rings. The Morgan fingerprint density at radius 2 is 0.750 bits per heavy atom. The number of hydrogen-bond donors (Lipinski definition) is 0. The van der Waals surface area contributed by atoms with Crippen LogP contribution in [-0.2, 0) is 21.7 Å². The molecule has 4 aromatic carbocycles. The van der Waals surface area contributed by atoms with Crippen LogP contribution in [0.5, 0.6) is 0 Å². The Bertz CT molecular complexity index is 1330. The number of rotatable bonds is 5. The van der Waals surface area contributed by atoms with Crippen LogP contribution in [0.15, 0.2) is 60.7 Å². The van der Waals surface area contributed by atoms with Gasteiger partial charge >= 0.3 is 21.7 Å². The third-order valence-electron chi connectivity index (χ3n) is 8.31. The first-order chi connectivity index (χ1) is 16.8. The molecule has 0 nitrogen and oxygen atoms in total. The second-order valence-electron chi connectivity index (χ2n) is 12.2. The molecule has 0 spiro atoms. The van der Waals surface area contributed by atoms with Crippen LogP contribution in [0.4, 0.5) is 0 Å². The third-order valence-corrected chi connectivity index (χ3v) is 15.4. The van der Waals surface area contributed by atoms with Gasteiger partial charge in [0.1, 0.15) is 8.07 Å². The van der Waals surface area contributed by atoms with Crippen LogP contribution < -0.4 is 63.2 Å². The summed E-state index contributed by atoms with van der Waals surface area (Å²) in [6, 6.07) is 24.5. The molecular weight excluding hydrogens is 619 g/mol. The van der Waals surface area contributed by atoms with Gasteiger partial charge < -0.3 is 37.2 Å². The van der Waals surface area contributed by atoms with Gasteiger partial charge in [0.15, 0.2) is 0 Å². The van der Waals surface area contributed by atoms with E-state index in [0.29, 0.717) is 0 Å². The van der Waals surface area contributed by atoms with Crippen molar-refractivity contribution in [1.29, 1.82) is 0 Å². The molecule has 6 heteroatoms. The molecule has 0 fully saturated rings. The number of halogens is 3. The van der Waals surface area contributed by atoms with E-state index in [4.69, 9.17) is 0 Å². The van der Waals surface area contributed by atoms with Crippen molar-refractivity contribution in [2.75, 3.05) is 0 Å². The van der Waals surface area contributed by atoms with Gasteiger partial charge in [0.2, 0.25) is 0 Å². The van der Waals surface area contributed by atoms with Crippen molar-refractivity contribution in [3.63, 3.8) is 0 Å². The summed E-state index contributed by atoms with van der Waals surface area (Å²) in [5.41, 5.74) is 11.2. The van der Waals surface area contributed by atoms with Gasteiger partial charge in [-0.2, -0.15) is 22.3 Å². The fourth-order valence-corrected chi connectivity index (χ4v) is 13.3. The van der Waals surface area contributed by atoms with E-state index < -0.39 is 16.1 Å². The molecular formula is C34H43Cl3Si2Ti. The molecule has 0 aliphatic carbocycles. The molecule has 0 atom stereocenters. The monoisotopic (exact) mass is 660 g/mol. The van der Waals surface area contributed by atoms with Crippen LogP contribution in [0.2, 0.25) is 19.6 Å². The summed E-state index contributed by atoms with van der Waals surface area (Å²) in [5, 5.41) is 7.62. The van der Waals surface area contributed by atoms with Gasteiger partial charge in [-0.1, -0.05) is 151 Å². The molecule has 0 unspecified atom stereocenters. The zero-order chi connectivity index (χ0) is 26.6. The van der Waals surface area contributed by atoms with Gasteiger partial charge in [-0.3, -0.25) is 0 Å². The van der Waals surface area contributed by atoms with Crippen LogP contribution in [0.1, 0.15) is 44.5 Å². The van der Waals surface area contributed by atoms with Crippen molar-refractivity contribution in [3.05, 3.63) is 105 Å². The minimum atomic E-state index is -2.59. The molecule has 0 bridgehead atoms. The van der Waals surface area contributed by atoms with Crippen molar-refractivity contribution in [2.24, 2.45) is 0 Å². The Kier molecular flexibility index (Phi) is 14.1. The van der Waals surface area contributed by atoms with E-state index in [1.807, 2.05) is 0 Å². The largest absolute Gasteiger partial charge is 4.00 e. The van der Waals surface area contributed by atoms with Gasteiger partial charge in [0, 0.05) is 0 Å². The maximum absolute atomic E-state index is 2.59. The van der Waals surface area contributed by atoms with E-state index >= 15 is 0 Å². The minimum Gasteiger partial charge on any atom is -1.00 e. The van der Waals surface area contributed by atoms with Crippen molar-refractivity contribution >= 4 is 42.1 Å². The quantitative estimate of drug-likeness (QED) is 0.120. The van der Waals surface area contributed by atoms with Crippen molar-refractivity contribution in [1.82, 2.24) is 0 Å². The molecule has 40 heavy (non-hydrogen) atoms. The van der Waals surface area contributed by atoms with Crippen molar-refractivity contribution < 1.29 is 58.9 Å². The molecule has 0 aromatic heterocycles. The summed E-state index contributed by atoms with van der Waals surface area (Å²) in [5.74, 6) is 0. The van der Waals surface area contributed by atoms with Crippen LogP contribution in [-0.4, -0.2) is 16.1 Å². The van der Waals surface area contributed by atoms with Crippen LogP contribution >= 0.6 is 0 Å². The van der Waals surface area contributed by atoms with E-state index in [1.165, 1.54) is 65.3 Å². The van der Waals surface area contributed by atoms with Gasteiger partial charge in [-0.15, -0.1) is 5.19 Å². The smallest absolute Gasteiger partial charge is 1.00 e. The predicted molar refractivity (Wildman–Crippen MR) is 167 cm³/mol. The maximum Gasteiger partial charge on any atom is 4.00 e. The van der Waals surface area contributed by atoms with Gasteiger partial charge in [-0.05, 0) is 27.7 Å². The Morgan fingerprint density at radius 1 is 0.450 bits per heavy atom. The molecule has 0 heterocycles. The average Bonchev–Trinajstić information content (AvgIpc) is 2.96. The van der Waals surface area contributed by atoms with E-state index in [-0.39, 0.29) is 58.9 Å². The van der Waals surface area contributed by atoms with Gasteiger partial charge in [0.05, 0.1) is 8.07 Å². The third kappa shape index (κ3) is 6.97. The summed E-state index contributed by atoms with van der Waals surface area (Å²) >= 11 is 0. The summed E-state index contributed by atoms with van der Waals surface area (Å²) in [4.78, 5) is 0.